The van der Waals surface area contributed by atoms with E-state index in [0.29, 0.717) is 6.07 Å². The van der Waals surface area contributed by atoms with Crippen molar-refractivity contribution < 1.29 is 39.3 Å². The highest BCUT2D eigenvalue weighted by molar-refractivity contribution is 7.86. The van der Waals surface area contributed by atoms with Gasteiger partial charge in [-0.05, 0) is 55.0 Å². The summed E-state index contributed by atoms with van der Waals surface area (Å²) in [4.78, 5) is -0.0783. The summed E-state index contributed by atoms with van der Waals surface area (Å²) in [5.74, 6) is -1.84. The zero-order valence-electron chi connectivity index (χ0n) is 17.1. The fraction of sp³-hybridized carbons (Fsp3) is 0.217. The van der Waals surface area contributed by atoms with Gasteiger partial charge in [-0.3, -0.25) is 4.18 Å². The average Bonchev–Trinajstić information content (AvgIpc) is 3.16. The van der Waals surface area contributed by atoms with Crippen molar-refractivity contribution in [1.82, 2.24) is 0 Å². The number of rotatable bonds is 5. The largest absolute Gasteiger partial charge is 0.487 e. The van der Waals surface area contributed by atoms with E-state index in [9.17, 15) is 30.4 Å². The van der Waals surface area contributed by atoms with Gasteiger partial charge in [0.25, 0.3) is 10.1 Å². The first kappa shape index (κ1) is 23.2. The van der Waals surface area contributed by atoms with Gasteiger partial charge < -0.3 is 4.74 Å². The fourth-order valence-electron chi connectivity index (χ4n) is 3.53. The van der Waals surface area contributed by atoms with Gasteiger partial charge in [-0.2, -0.15) is 21.6 Å². The molecule has 4 nitrogen and oxygen atoms in total. The van der Waals surface area contributed by atoms with E-state index in [2.05, 4.69) is 0 Å². The normalized spacial score (nSPS) is 15.9. The van der Waals surface area contributed by atoms with E-state index in [0.717, 1.165) is 29.8 Å². The molecule has 0 fully saturated rings. The first-order valence-electron chi connectivity index (χ1n) is 9.76. The molecule has 1 aliphatic rings. The summed E-state index contributed by atoms with van der Waals surface area (Å²) >= 11 is 0. The molecule has 0 aromatic heterocycles. The summed E-state index contributed by atoms with van der Waals surface area (Å²) in [6.45, 7) is 1.31. The second-order valence-corrected chi connectivity index (χ2v) is 9.25. The van der Waals surface area contributed by atoms with Crippen LogP contribution in [0.2, 0.25) is 0 Å². The van der Waals surface area contributed by atoms with E-state index >= 15 is 0 Å². The summed E-state index contributed by atoms with van der Waals surface area (Å²) in [7, 11) is -4.13. The van der Waals surface area contributed by atoms with Crippen LogP contribution in [0.15, 0.2) is 59.5 Å². The molecule has 4 rings (SSSR count). The number of aryl methyl sites for hydroxylation is 1. The Morgan fingerprint density at radius 1 is 1.00 bits per heavy atom. The minimum absolute atomic E-state index is 0.0752. The van der Waals surface area contributed by atoms with Gasteiger partial charge in [0.2, 0.25) is 0 Å². The maximum atomic E-state index is 14.4. The van der Waals surface area contributed by atoms with Crippen LogP contribution in [0.4, 0.5) is 22.0 Å². The van der Waals surface area contributed by atoms with E-state index in [1.807, 2.05) is 0 Å². The lowest BCUT2D eigenvalue weighted by atomic mass is 9.96. The van der Waals surface area contributed by atoms with Crippen LogP contribution in [0, 0.1) is 18.6 Å². The first-order chi connectivity index (χ1) is 15.4. The van der Waals surface area contributed by atoms with E-state index in [1.54, 1.807) is 19.1 Å². The third-order valence-electron chi connectivity index (χ3n) is 5.16. The highest BCUT2D eigenvalue weighted by atomic mass is 32.2. The molecule has 0 N–H and O–H groups in total. The Hall–Kier alpha value is -2.98. The van der Waals surface area contributed by atoms with Gasteiger partial charge in [-0.25, -0.2) is 8.78 Å². The monoisotopic (exact) mass is 484 g/mol. The SMILES string of the molecule is Cc1ccc(S(=O)(=O)OCC2Cc3cc(C(F)(F)F)cc(-c4cc(F)ccc4F)c3O2)cc1. The summed E-state index contributed by atoms with van der Waals surface area (Å²) in [5.41, 5.74) is -0.796. The van der Waals surface area contributed by atoms with Crippen LogP contribution in [0.25, 0.3) is 11.1 Å². The predicted octanol–water partition coefficient (Wildman–Crippen LogP) is 5.67. The third-order valence-corrected chi connectivity index (χ3v) is 6.46. The van der Waals surface area contributed by atoms with Gasteiger partial charge in [0.15, 0.2) is 0 Å². The molecule has 0 radical (unpaired) electrons. The van der Waals surface area contributed by atoms with Crippen molar-refractivity contribution in [1.29, 1.82) is 0 Å². The quantitative estimate of drug-likeness (QED) is 0.346. The maximum absolute atomic E-state index is 14.4. The summed E-state index contributed by atoms with van der Waals surface area (Å²) in [6.07, 6.45) is -5.79. The Morgan fingerprint density at radius 2 is 1.70 bits per heavy atom. The van der Waals surface area contributed by atoms with Crippen molar-refractivity contribution in [2.45, 2.75) is 30.5 Å². The molecule has 1 aliphatic heterocycles. The minimum atomic E-state index is -4.74. The number of hydrogen-bond acceptors (Lipinski definition) is 4. The van der Waals surface area contributed by atoms with Crippen LogP contribution in [0.3, 0.4) is 0 Å². The molecule has 3 aromatic rings. The summed E-state index contributed by atoms with van der Waals surface area (Å²) in [6, 6.07) is 9.90. The summed E-state index contributed by atoms with van der Waals surface area (Å²) < 4.78 is 104. The van der Waals surface area contributed by atoms with Gasteiger partial charge in [0, 0.05) is 17.5 Å². The number of ether oxygens (including phenoxy) is 1. The molecule has 10 heteroatoms. The van der Waals surface area contributed by atoms with E-state index in [1.165, 1.54) is 12.1 Å². The highest BCUT2D eigenvalue weighted by Crippen LogP contribution is 2.44. The van der Waals surface area contributed by atoms with Crippen molar-refractivity contribution in [3.8, 4) is 16.9 Å². The molecule has 1 heterocycles. The molecule has 33 heavy (non-hydrogen) atoms. The van der Waals surface area contributed by atoms with Crippen molar-refractivity contribution in [2.24, 2.45) is 0 Å². The molecule has 0 saturated heterocycles. The number of fused-ring (bicyclic) bond motifs is 1. The van der Waals surface area contributed by atoms with Gasteiger partial charge in [-0.1, -0.05) is 17.7 Å². The molecule has 0 saturated carbocycles. The van der Waals surface area contributed by atoms with Gasteiger partial charge in [0.1, 0.15) is 30.1 Å². The molecule has 0 bridgehead atoms. The lowest BCUT2D eigenvalue weighted by molar-refractivity contribution is -0.137. The zero-order chi connectivity index (χ0) is 24.0. The molecule has 0 aliphatic carbocycles. The Bertz CT molecular complexity index is 1300. The standard InChI is InChI=1S/C23H17F5O4S/c1-13-2-5-18(6-3-13)33(29,30)31-12-17-9-14-8-15(23(26,27)28)10-20(22(14)32-17)19-11-16(24)4-7-21(19)25/h2-8,10-11,17H,9,12H2,1H3. The van der Waals surface area contributed by atoms with Gasteiger partial charge >= 0.3 is 6.18 Å². The Balaban J connectivity index is 1.64. The van der Waals surface area contributed by atoms with Crippen LogP contribution in [-0.4, -0.2) is 21.1 Å². The Morgan fingerprint density at radius 3 is 2.36 bits per heavy atom. The van der Waals surface area contributed by atoms with Crippen LogP contribution >= 0.6 is 0 Å². The Kier molecular flexibility index (Phi) is 5.92. The molecular formula is C23H17F5O4S. The van der Waals surface area contributed by atoms with E-state index in [4.69, 9.17) is 8.92 Å². The zero-order valence-corrected chi connectivity index (χ0v) is 17.9. The molecule has 3 aromatic carbocycles. The van der Waals surface area contributed by atoms with Gasteiger partial charge in [-0.15, -0.1) is 0 Å². The van der Waals surface area contributed by atoms with Crippen LogP contribution in [-0.2, 0) is 26.9 Å². The molecule has 1 unspecified atom stereocenters. The number of hydrogen-bond donors (Lipinski definition) is 0. The van der Waals surface area contributed by atoms with Crippen molar-refractivity contribution in [2.75, 3.05) is 6.61 Å². The molecule has 1 atom stereocenters. The summed E-state index contributed by atoms with van der Waals surface area (Å²) in [5, 5.41) is 0. The lowest BCUT2D eigenvalue weighted by Crippen LogP contribution is -2.23. The highest BCUT2D eigenvalue weighted by Gasteiger charge is 2.36. The van der Waals surface area contributed by atoms with Crippen molar-refractivity contribution in [3.63, 3.8) is 0 Å². The molecule has 174 valence electrons. The third kappa shape index (κ3) is 4.86. The fourth-order valence-corrected chi connectivity index (χ4v) is 4.47. The second kappa shape index (κ2) is 8.42. The lowest BCUT2D eigenvalue weighted by Gasteiger charge is -2.15. The van der Waals surface area contributed by atoms with Crippen molar-refractivity contribution in [3.05, 3.63) is 82.9 Å². The predicted molar refractivity (Wildman–Crippen MR) is 109 cm³/mol. The topological polar surface area (TPSA) is 52.6 Å². The molecule has 0 amide bonds. The van der Waals surface area contributed by atoms with E-state index < -0.39 is 51.8 Å². The number of halogens is 5. The second-order valence-electron chi connectivity index (χ2n) is 7.63. The molecule has 0 spiro atoms. The first-order valence-corrected chi connectivity index (χ1v) is 11.2. The van der Waals surface area contributed by atoms with Crippen LogP contribution in [0.5, 0.6) is 5.75 Å². The number of benzene rings is 3. The van der Waals surface area contributed by atoms with Crippen molar-refractivity contribution >= 4 is 10.1 Å². The van der Waals surface area contributed by atoms with Gasteiger partial charge in [0.05, 0.1) is 10.5 Å². The van der Waals surface area contributed by atoms with E-state index in [-0.39, 0.29) is 28.2 Å². The smallest absolute Gasteiger partial charge is 0.416 e. The number of alkyl halides is 3. The maximum Gasteiger partial charge on any atom is 0.416 e. The van der Waals surface area contributed by atoms with Crippen LogP contribution in [0.1, 0.15) is 16.7 Å². The average molecular weight is 484 g/mol. The molecular weight excluding hydrogens is 467 g/mol. The minimum Gasteiger partial charge on any atom is -0.487 e. The van der Waals surface area contributed by atoms with Crippen LogP contribution < -0.4 is 4.74 Å². The Labute approximate surface area is 186 Å².